The van der Waals surface area contributed by atoms with E-state index in [2.05, 4.69) is 0 Å². The molecule has 0 spiro atoms. The first-order chi connectivity index (χ1) is 11.8. The van der Waals surface area contributed by atoms with E-state index in [0.717, 1.165) is 19.3 Å². The van der Waals surface area contributed by atoms with Gasteiger partial charge in [0.25, 0.3) is 0 Å². The van der Waals surface area contributed by atoms with Crippen molar-refractivity contribution in [2.45, 2.75) is 57.9 Å². The summed E-state index contributed by atoms with van der Waals surface area (Å²) >= 11 is 0. The second-order valence-electron chi connectivity index (χ2n) is 7.71. The molecule has 3 fully saturated rings. The van der Waals surface area contributed by atoms with E-state index in [9.17, 15) is 23.1 Å². The molecule has 3 atom stereocenters. The lowest BCUT2D eigenvalue weighted by Crippen LogP contribution is -2.48. The number of carbonyl (C=O) groups is 2. The molecule has 3 aliphatic rings. The molecule has 0 bridgehead atoms. The Bertz CT molecular complexity index is 649. The van der Waals surface area contributed by atoms with Crippen molar-refractivity contribution in [2.24, 2.45) is 11.3 Å². The number of carboxylic acids is 1. The number of nitrogens with zero attached hydrogens (tertiary/aromatic N) is 2. The molecule has 1 aliphatic carbocycles. The number of amides is 1. The van der Waals surface area contributed by atoms with Crippen LogP contribution in [0.3, 0.4) is 0 Å². The van der Waals surface area contributed by atoms with Crippen LogP contribution in [0.2, 0.25) is 0 Å². The van der Waals surface area contributed by atoms with Gasteiger partial charge in [-0.2, -0.15) is 4.31 Å². The van der Waals surface area contributed by atoms with E-state index in [1.807, 2.05) is 6.92 Å². The van der Waals surface area contributed by atoms with Gasteiger partial charge < -0.3 is 10.0 Å². The monoisotopic (exact) mass is 372 g/mol. The Balaban J connectivity index is 1.74. The summed E-state index contributed by atoms with van der Waals surface area (Å²) in [5, 5.41) is 9.67. The van der Waals surface area contributed by atoms with Crippen molar-refractivity contribution >= 4 is 21.9 Å². The molecule has 3 rings (SSSR count). The van der Waals surface area contributed by atoms with Gasteiger partial charge in [0.15, 0.2) is 0 Å². The topological polar surface area (TPSA) is 95.0 Å². The highest BCUT2D eigenvalue weighted by Gasteiger charge is 2.56. The van der Waals surface area contributed by atoms with E-state index in [0.29, 0.717) is 38.8 Å². The van der Waals surface area contributed by atoms with Crippen molar-refractivity contribution in [1.82, 2.24) is 9.21 Å². The van der Waals surface area contributed by atoms with Crippen molar-refractivity contribution in [3.05, 3.63) is 0 Å². The maximum absolute atomic E-state index is 13.0. The molecule has 0 aromatic heterocycles. The third-order valence-corrected chi connectivity index (χ3v) is 8.17. The van der Waals surface area contributed by atoms with E-state index < -0.39 is 27.4 Å². The van der Waals surface area contributed by atoms with Crippen LogP contribution >= 0.6 is 0 Å². The second kappa shape index (κ2) is 6.87. The molecule has 2 saturated heterocycles. The van der Waals surface area contributed by atoms with Gasteiger partial charge in [0.05, 0.1) is 11.2 Å². The molecular formula is C17H28N2O5S. The first-order valence-electron chi connectivity index (χ1n) is 9.33. The SMILES string of the molecule is CCCCS(=O)(=O)N1CCCC1C(=O)N1C[C@@H]2CCC[C@@]2(C(=O)O)C1. The molecule has 25 heavy (non-hydrogen) atoms. The van der Waals surface area contributed by atoms with Crippen LogP contribution in [0.4, 0.5) is 0 Å². The van der Waals surface area contributed by atoms with Crippen LogP contribution in [-0.2, 0) is 19.6 Å². The van der Waals surface area contributed by atoms with Gasteiger partial charge in [0.2, 0.25) is 15.9 Å². The smallest absolute Gasteiger partial charge is 0.311 e. The minimum atomic E-state index is -3.43. The summed E-state index contributed by atoms with van der Waals surface area (Å²) in [4.78, 5) is 26.4. The molecule has 1 saturated carbocycles. The van der Waals surface area contributed by atoms with Crippen LogP contribution in [0.5, 0.6) is 0 Å². The van der Waals surface area contributed by atoms with Crippen LogP contribution in [0.1, 0.15) is 51.9 Å². The Morgan fingerprint density at radius 1 is 1.24 bits per heavy atom. The lowest BCUT2D eigenvalue weighted by Gasteiger charge is -2.28. The lowest BCUT2D eigenvalue weighted by molar-refractivity contribution is -0.149. The molecule has 1 unspecified atom stereocenters. The van der Waals surface area contributed by atoms with Gasteiger partial charge in [0, 0.05) is 19.6 Å². The zero-order valence-corrected chi connectivity index (χ0v) is 15.6. The molecule has 142 valence electrons. The summed E-state index contributed by atoms with van der Waals surface area (Å²) in [5.41, 5.74) is -0.819. The zero-order chi connectivity index (χ0) is 18.2. The zero-order valence-electron chi connectivity index (χ0n) is 14.8. The molecule has 1 N–H and O–H groups in total. The Kier molecular flexibility index (Phi) is 5.12. The molecule has 0 aromatic carbocycles. The number of fused-ring (bicyclic) bond motifs is 1. The van der Waals surface area contributed by atoms with Crippen LogP contribution in [0, 0.1) is 11.3 Å². The molecule has 2 heterocycles. The van der Waals surface area contributed by atoms with E-state index >= 15 is 0 Å². The molecular weight excluding hydrogens is 344 g/mol. The minimum Gasteiger partial charge on any atom is -0.481 e. The normalized spacial score (nSPS) is 32.9. The van der Waals surface area contributed by atoms with E-state index in [1.54, 1.807) is 4.90 Å². The highest BCUT2D eigenvalue weighted by atomic mass is 32.2. The number of carbonyl (C=O) groups excluding carboxylic acids is 1. The first kappa shape index (κ1) is 18.6. The number of aliphatic carboxylic acids is 1. The standard InChI is InChI=1S/C17H28N2O5S/c1-2-3-10-25(23,24)19-9-5-7-14(19)15(20)18-11-13-6-4-8-17(13,12-18)16(21)22/h13-14H,2-12H2,1H3,(H,21,22)/t13-,14?,17+/m0/s1. The van der Waals surface area contributed by atoms with Crippen molar-refractivity contribution in [2.75, 3.05) is 25.4 Å². The van der Waals surface area contributed by atoms with Crippen molar-refractivity contribution in [3.63, 3.8) is 0 Å². The Morgan fingerprint density at radius 2 is 2.00 bits per heavy atom. The number of hydrogen-bond donors (Lipinski definition) is 1. The van der Waals surface area contributed by atoms with Gasteiger partial charge in [-0.15, -0.1) is 0 Å². The van der Waals surface area contributed by atoms with Crippen molar-refractivity contribution in [3.8, 4) is 0 Å². The van der Waals surface area contributed by atoms with Gasteiger partial charge in [-0.05, 0) is 38.0 Å². The highest BCUT2D eigenvalue weighted by molar-refractivity contribution is 7.89. The minimum absolute atomic E-state index is 0.000464. The summed E-state index contributed by atoms with van der Waals surface area (Å²) < 4.78 is 26.5. The highest BCUT2D eigenvalue weighted by Crippen LogP contribution is 2.49. The fourth-order valence-corrected chi connectivity index (χ4v) is 6.66. The predicted molar refractivity (Wildman–Crippen MR) is 92.4 cm³/mol. The molecule has 0 aromatic rings. The maximum atomic E-state index is 13.0. The largest absolute Gasteiger partial charge is 0.481 e. The number of sulfonamides is 1. The van der Waals surface area contributed by atoms with Gasteiger partial charge in [0.1, 0.15) is 6.04 Å². The van der Waals surface area contributed by atoms with Gasteiger partial charge in [-0.3, -0.25) is 9.59 Å². The van der Waals surface area contributed by atoms with E-state index in [1.165, 1.54) is 4.31 Å². The molecule has 1 amide bonds. The quantitative estimate of drug-likeness (QED) is 0.758. The first-order valence-corrected chi connectivity index (χ1v) is 10.9. The van der Waals surface area contributed by atoms with Crippen LogP contribution in [-0.4, -0.2) is 66.0 Å². The Hall–Kier alpha value is -1.15. The number of rotatable bonds is 6. The Morgan fingerprint density at radius 3 is 2.64 bits per heavy atom. The summed E-state index contributed by atoms with van der Waals surface area (Å²) in [6.07, 6.45) is 4.93. The average Bonchev–Trinajstić information content (AvgIpc) is 3.25. The predicted octanol–water partition coefficient (Wildman–Crippen LogP) is 1.29. The van der Waals surface area contributed by atoms with Crippen molar-refractivity contribution < 1.29 is 23.1 Å². The molecule has 0 radical (unpaired) electrons. The average molecular weight is 372 g/mol. The third-order valence-electron chi connectivity index (χ3n) is 6.21. The molecule has 2 aliphatic heterocycles. The summed E-state index contributed by atoms with van der Waals surface area (Å²) in [5.74, 6) is -0.938. The third kappa shape index (κ3) is 3.18. The van der Waals surface area contributed by atoms with Crippen LogP contribution < -0.4 is 0 Å². The second-order valence-corrected chi connectivity index (χ2v) is 9.75. The Labute approximate surface area is 149 Å². The number of unbranched alkanes of at least 4 members (excludes halogenated alkanes) is 1. The maximum Gasteiger partial charge on any atom is 0.311 e. The van der Waals surface area contributed by atoms with Gasteiger partial charge in [-0.25, -0.2) is 8.42 Å². The number of carboxylic acid groups (broad SMARTS) is 1. The molecule has 8 heteroatoms. The van der Waals surface area contributed by atoms with Crippen molar-refractivity contribution in [1.29, 1.82) is 0 Å². The van der Waals surface area contributed by atoms with Gasteiger partial charge >= 0.3 is 5.97 Å². The summed E-state index contributed by atoms with van der Waals surface area (Å²) in [7, 11) is -3.43. The van der Waals surface area contributed by atoms with E-state index in [4.69, 9.17) is 0 Å². The summed E-state index contributed by atoms with van der Waals surface area (Å²) in [6.45, 7) is 3.01. The number of likely N-dealkylation sites (tertiary alicyclic amines) is 1. The van der Waals surface area contributed by atoms with Crippen LogP contribution in [0.25, 0.3) is 0 Å². The number of hydrogen-bond acceptors (Lipinski definition) is 4. The molecule has 7 nitrogen and oxygen atoms in total. The fourth-order valence-electron chi connectivity index (χ4n) is 4.78. The van der Waals surface area contributed by atoms with E-state index in [-0.39, 0.29) is 24.1 Å². The summed E-state index contributed by atoms with van der Waals surface area (Å²) in [6, 6.07) is -0.647. The van der Waals surface area contributed by atoms with Gasteiger partial charge in [-0.1, -0.05) is 19.8 Å². The lowest BCUT2D eigenvalue weighted by atomic mass is 9.81. The van der Waals surface area contributed by atoms with Crippen LogP contribution in [0.15, 0.2) is 0 Å². The fraction of sp³-hybridized carbons (Fsp3) is 0.882.